The van der Waals surface area contributed by atoms with E-state index in [4.69, 9.17) is 0 Å². The number of ketones is 1. The van der Waals surface area contributed by atoms with Crippen molar-refractivity contribution in [1.82, 2.24) is 0 Å². The third-order valence-electron chi connectivity index (χ3n) is 4.12. The van der Waals surface area contributed by atoms with Crippen LogP contribution in [0.2, 0.25) is 0 Å². The molecule has 2 nitrogen and oxygen atoms in total. The van der Waals surface area contributed by atoms with Gasteiger partial charge in [0, 0.05) is 21.3 Å². The quantitative estimate of drug-likeness (QED) is 0.608. The van der Waals surface area contributed by atoms with Crippen molar-refractivity contribution < 1.29 is 4.79 Å². The van der Waals surface area contributed by atoms with Crippen molar-refractivity contribution in [3.63, 3.8) is 0 Å². The lowest BCUT2D eigenvalue weighted by atomic mass is 9.92. The average molecular weight is 429 g/mol. The van der Waals surface area contributed by atoms with Gasteiger partial charge in [-0.1, -0.05) is 54.6 Å². The van der Waals surface area contributed by atoms with Crippen molar-refractivity contribution in [3.05, 3.63) is 81.1 Å². The van der Waals surface area contributed by atoms with Crippen LogP contribution in [-0.2, 0) is 4.79 Å². The van der Waals surface area contributed by atoms with Crippen LogP contribution in [0.25, 0.3) is 6.08 Å². The van der Waals surface area contributed by atoms with Crippen LogP contribution in [0.5, 0.6) is 0 Å². The molecule has 0 amide bonds. The first kappa shape index (κ1) is 17.0. The number of nitrogens with one attached hydrogen (secondary N) is 1. The zero-order chi connectivity index (χ0) is 16.8. The first-order valence-electron chi connectivity index (χ1n) is 8.22. The standard InChI is InChI=1S/C21H20INO/c22-18-12-4-5-13-20(18)23-19-14-7-15-21(24)17(19)11-6-10-16-8-2-1-3-9-16/h1-6,8-10,12-13,23H,7,11,14-15H2. The normalized spacial score (nSPS) is 15.1. The molecule has 0 fully saturated rings. The number of rotatable bonds is 5. The number of para-hydroxylation sites is 1. The summed E-state index contributed by atoms with van der Waals surface area (Å²) in [5.74, 6) is 0.271. The number of allylic oxidation sites excluding steroid dienone is 3. The Hall–Kier alpha value is -1.88. The molecule has 0 aliphatic heterocycles. The summed E-state index contributed by atoms with van der Waals surface area (Å²) in [6.45, 7) is 0. The van der Waals surface area contributed by atoms with E-state index in [1.807, 2.05) is 30.3 Å². The van der Waals surface area contributed by atoms with E-state index in [-0.39, 0.29) is 5.78 Å². The van der Waals surface area contributed by atoms with E-state index in [1.165, 1.54) is 3.57 Å². The lowest BCUT2D eigenvalue weighted by Gasteiger charge is -2.21. The van der Waals surface area contributed by atoms with Crippen molar-refractivity contribution >= 4 is 40.1 Å². The summed E-state index contributed by atoms with van der Waals surface area (Å²) in [6, 6.07) is 18.4. The molecular formula is C21H20INO. The second-order valence-corrected chi connectivity index (χ2v) is 7.02. The fourth-order valence-electron chi connectivity index (χ4n) is 2.87. The van der Waals surface area contributed by atoms with Gasteiger partial charge in [0.2, 0.25) is 0 Å². The van der Waals surface area contributed by atoms with Gasteiger partial charge in [-0.05, 0) is 59.5 Å². The topological polar surface area (TPSA) is 29.1 Å². The number of anilines is 1. The minimum Gasteiger partial charge on any atom is -0.358 e. The summed E-state index contributed by atoms with van der Waals surface area (Å²) < 4.78 is 1.17. The molecule has 3 heteroatoms. The molecule has 0 saturated heterocycles. The van der Waals surface area contributed by atoms with E-state index in [0.717, 1.165) is 35.4 Å². The lowest BCUT2D eigenvalue weighted by Crippen LogP contribution is -2.16. The zero-order valence-corrected chi connectivity index (χ0v) is 15.6. The second-order valence-electron chi connectivity index (χ2n) is 5.86. The van der Waals surface area contributed by atoms with Crippen LogP contribution in [-0.4, -0.2) is 5.78 Å². The van der Waals surface area contributed by atoms with Crippen molar-refractivity contribution in [2.24, 2.45) is 0 Å². The van der Waals surface area contributed by atoms with Crippen molar-refractivity contribution in [1.29, 1.82) is 0 Å². The van der Waals surface area contributed by atoms with Crippen LogP contribution in [0.4, 0.5) is 5.69 Å². The molecule has 0 atom stereocenters. The number of hydrogen-bond donors (Lipinski definition) is 1. The Morgan fingerprint density at radius 1 is 1.00 bits per heavy atom. The maximum Gasteiger partial charge on any atom is 0.160 e. The van der Waals surface area contributed by atoms with Crippen molar-refractivity contribution in [2.75, 3.05) is 5.32 Å². The Morgan fingerprint density at radius 2 is 1.75 bits per heavy atom. The molecule has 0 saturated carbocycles. The summed E-state index contributed by atoms with van der Waals surface area (Å²) in [4.78, 5) is 12.4. The molecule has 0 spiro atoms. The predicted molar refractivity (Wildman–Crippen MR) is 109 cm³/mol. The van der Waals surface area contributed by atoms with Crippen LogP contribution in [0, 0.1) is 3.57 Å². The Bertz CT molecular complexity index is 777. The minimum atomic E-state index is 0.271. The van der Waals surface area contributed by atoms with Gasteiger partial charge in [0.15, 0.2) is 5.78 Å². The first-order chi connectivity index (χ1) is 11.7. The van der Waals surface area contributed by atoms with E-state index in [0.29, 0.717) is 12.8 Å². The van der Waals surface area contributed by atoms with Gasteiger partial charge in [0.05, 0.1) is 5.69 Å². The number of carbonyl (C=O) groups excluding carboxylic acids is 1. The summed E-state index contributed by atoms with van der Waals surface area (Å²) in [6.07, 6.45) is 7.37. The molecule has 0 aromatic heterocycles. The molecule has 0 heterocycles. The largest absolute Gasteiger partial charge is 0.358 e. The summed E-state index contributed by atoms with van der Waals surface area (Å²) in [5.41, 5.74) is 4.24. The third-order valence-corrected chi connectivity index (χ3v) is 5.06. The van der Waals surface area contributed by atoms with E-state index in [9.17, 15) is 4.79 Å². The molecule has 1 N–H and O–H groups in total. The van der Waals surface area contributed by atoms with Crippen LogP contribution in [0.3, 0.4) is 0 Å². The van der Waals surface area contributed by atoms with E-state index >= 15 is 0 Å². The van der Waals surface area contributed by atoms with Gasteiger partial charge in [-0.15, -0.1) is 0 Å². The summed E-state index contributed by atoms with van der Waals surface area (Å²) in [5, 5.41) is 3.50. The molecule has 24 heavy (non-hydrogen) atoms. The average Bonchev–Trinajstić information content (AvgIpc) is 2.60. The highest BCUT2D eigenvalue weighted by atomic mass is 127. The van der Waals surface area contributed by atoms with Crippen LogP contribution in [0.15, 0.2) is 71.9 Å². The van der Waals surface area contributed by atoms with Gasteiger partial charge in [-0.25, -0.2) is 0 Å². The smallest absolute Gasteiger partial charge is 0.160 e. The number of carbonyl (C=O) groups is 1. The zero-order valence-electron chi connectivity index (χ0n) is 13.5. The first-order valence-corrected chi connectivity index (χ1v) is 9.30. The second kappa shape index (κ2) is 8.29. The Morgan fingerprint density at radius 3 is 2.54 bits per heavy atom. The van der Waals surface area contributed by atoms with Gasteiger partial charge >= 0.3 is 0 Å². The molecule has 2 aromatic rings. The molecule has 1 aliphatic carbocycles. The monoisotopic (exact) mass is 429 g/mol. The Labute approximate surface area is 156 Å². The van der Waals surface area contributed by atoms with Crippen molar-refractivity contribution in [3.8, 4) is 0 Å². The molecule has 0 bridgehead atoms. The summed E-state index contributed by atoms with van der Waals surface area (Å²) >= 11 is 2.32. The van der Waals surface area contributed by atoms with Gasteiger partial charge in [-0.2, -0.15) is 0 Å². The van der Waals surface area contributed by atoms with Gasteiger partial charge < -0.3 is 5.32 Å². The fourth-order valence-corrected chi connectivity index (χ4v) is 3.40. The van der Waals surface area contributed by atoms with Gasteiger partial charge in [0.25, 0.3) is 0 Å². The van der Waals surface area contributed by atoms with Crippen LogP contribution < -0.4 is 5.32 Å². The van der Waals surface area contributed by atoms with Crippen LogP contribution in [0.1, 0.15) is 31.2 Å². The van der Waals surface area contributed by atoms with Crippen LogP contribution >= 0.6 is 22.6 Å². The maximum absolute atomic E-state index is 12.4. The lowest BCUT2D eigenvalue weighted by molar-refractivity contribution is -0.116. The summed E-state index contributed by atoms with van der Waals surface area (Å²) in [7, 11) is 0. The highest BCUT2D eigenvalue weighted by Gasteiger charge is 2.20. The van der Waals surface area contributed by atoms with Crippen molar-refractivity contribution in [2.45, 2.75) is 25.7 Å². The minimum absolute atomic E-state index is 0.271. The number of halogens is 1. The maximum atomic E-state index is 12.4. The molecular weight excluding hydrogens is 409 g/mol. The molecule has 122 valence electrons. The number of benzene rings is 2. The number of Topliss-reactive ketones (excluding diaryl/α,β-unsaturated/α-hetero) is 1. The van der Waals surface area contributed by atoms with E-state index in [1.54, 1.807) is 0 Å². The van der Waals surface area contributed by atoms with E-state index in [2.05, 4.69) is 64.3 Å². The molecule has 2 aromatic carbocycles. The molecule has 3 rings (SSSR count). The highest BCUT2D eigenvalue weighted by Crippen LogP contribution is 2.28. The van der Waals surface area contributed by atoms with Gasteiger partial charge in [-0.3, -0.25) is 4.79 Å². The highest BCUT2D eigenvalue weighted by molar-refractivity contribution is 14.1. The molecule has 0 unspecified atom stereocenters. The molecule has 1 aliphatic rings. The SMILES string of the molecule is O=C1CCCC(Nc2ccccc2I)=C1CC=Cc1ccccc1. The third kappa shape index (κ3) is 4.35. The van der Waals surface area contributed by atoms with E-state index < -0.39 is 0 Å². The Balaban J connectivity index is 1.80. The predicted octanol–water partition coefficient (Wildman–Crippen LogP) is 5.81. The number of hydrogen-bond acceptors (Lipinski definition) is 2. The fraction of sp³-hybridized carbons (Fsp3) is 0.190. The van der Waals surface area contributed by atoms with Gasteiger partial charge in [0.1, 0.15) is 0 Å². The Kier molecular flexibility index (Phi) is 5.86. The molecule has 0 radical (unpaired) electrons.